The highest BCUT2D eigenvalue weighted by Crippen LogP contribution is 2.37. The standard InChI is InChI=1S/C16H17F3N6O3/c1-25-11-5-20-24-14(11)28-6-10(15(25)27)21-13(26)12-8-4-7(16(17,18)19)2-3-9(8)22-23-12/h5,7,10H,2-4,6H2,1H3,(H,20,24)(H,21,26)(H,22,23)/t7-,10-/m0/s1. The molecule has 0 bridgehead atoms. The first kappa shape index (κ1) is 18.3. The number of alkyl halides is 3. The molecular formula is C16H17F3N6O3. The van der Waals surface area contributed by atoms with Crippen molar-refractivity contribution in [3.63, 3.8) is 0 Å². The van der Waals surface area contributed by atoms with Crippen LogP contribution in [0.25, 0.3) is 0 Å². The zero-order valence-corrected chi connectivity index (χ0v) is 14.8. The molecule has 2 atom stereocenters. The van der Waals surface area contributed by atoms with Crippen LogP contribution in [0.2, 0.25) is 0 Å². The number of H-pyrrole nitrogens is 2. The molecule has 150 valence electrons. The van der Waals surface area contributed by atoms with Crippen LogP contribution in [0.3, 0.4) is 0 Å². The van der Waals surface area contributed by atoms with E-state index in [-0.39, 0.29) is 43.0 Å². The molecular weight excluding hydrogens is 381 g/mol. The number of aromatic amines is 2. The van der Waals surface area contributed by atoms with Gasteiger partial charge in [-0.2, -0.15) is 23.4 Å². The van der Waals surface area contributed by atoms with Crippen molar-refractivity contribution in [2.45, 2.75) is 31.5 Å². The molecule has 0 unspecified atom stereocenters. The van der Waals surface area contributed by atoms with Gasteiger partial charge in [0, 0.05) is 18.3 Å². The third-order valence-corrected chi connectivity index (χ3v) is 5.10. The number of amides is 2. The van der Waals surface area contributed by atoms with Crippen LogP contribution in [0.5, 0.6) is 5.88 Å². The van der Waals surface area contributed by atoms with Gasteiger partial charge in [0.05, 0.1) is 12.1 Å². The summed E-state index contributed by atoms with van der Waals surface area (Å²) in [6.07, 6.45) is -3.12. The second-order valence-corrected chi connectivity index (χ2v) is 6.83. The summed E-state index contributed by atoms with van der Waals surface area (Å²) in [6.45, 7) is -0.151. The van der Waals surface area contributed by atoms with Gasteiger partial charge in [0.25, 0.3) is 11.8 Å². The van der Waals surface area contributed by atoms with E-state index in [1.165, 1.54) is 18.1 Å². The van der Waals surface area contributed by atoms with Gasteiger partial charge in [-0.15, -0.1) is 0 Å². The van der Waals surface area contributed by atoms with Crippen molar-refractivity contribution < 1.29 is 27.5 Å². The second-order valence-electron chi connectivity index (χ2n) is 6.83. The number of aromatic nitrogens is 4. The van der Waals surface area contributed by atoms with Crippen molar-refractivity contribution in [3.8, 4) is 5.88 Å². The smallest absolute Gasteiger partial charge is 0.392 e. The number of hydrogen-bond donors (Lipinski definition) is 3. The first-order valence-corrected chi connectivity index (χ1v) is 8.63. The molecule has 0 radical (unpaired) electrons. The monoisotopic (exact) mass is 398 g/mol. The molecule has 0 saturated heterocycles. The topological polar surface area (TPSA) is 116 Å². The van der Waals surface area contributed by atoms with Gasteiger partial charge >= 0.3 is 6.18 Å². The SMILES string of the molecule is CN1C(=O)[C@@H](NC(=O)c2n[nH]c3c2C[C@@H](C(F)(F)F)CC3)COc2[nH]ncc21. The average Bonchev–Trinajstić information content (AvgIpc) is 3.26. The third-order valence-electron chi connectivity index (χ3n) is 5.10. The van der Waals surface area contributed by atoms with Crippen molar-refractivity contribution in [3.05, 3.63) is 23.1 Å². The van der Waals surface area contributed by atoms with Crippen LogP contribution in [0.4, 0.5) is 18.9 Å². The van der Waals surface area contributed by atoms with Crippen molar-refractivity contribution in [2.24, 2.45) is 5.92 Å². The first-order chi connectivity index (χ1) is 13.3. The lowest BCUT2D eigenvalue weighted by molar-refractivity contribution is -0.177. The van der Waals surface area contributed by atoms with Gasteiger partial charge < -0.3 is 15.0 Å². The fourth-order valence-corrected chi connectivity index (χ4v) is 3.50. The van der Waals surface area contributed by atoms with Gasteiger partial charge in [-0.3, -0.25) is 14.7 Å². The van der Waals surface area contributed by atoms with Gasteiger partial charge in [-0.05, 0) is 19.3 Å². The predicted octanol–water partition coefficient (Wildman–Crippen LogP) is 0.954. The number of nitrogens with zero attached hydrogens (tertiary/aromatic N) is 3. The maximum absolute atomic E-state index is 13.1. The number of carbonyl (C=O) groups is 2. The van der Waals surface area contributed by atoms with Gasteiger partial charge in [-0.25, -0.2) is 5.10 Å². The van der Waals surface area contributed by atoms with Crippen LogP contribution in [-0.2, 0) is 17.6 Å². The fraction of sp³-hybridized carbons (Fsp3) is 0.500. The summed E-state index contributed by atoms with van der Waals surface area (Å²) in [5, 5.41) is 15.4. The molecule has 1 aliphatic carbocycles. The van der Waals surface area contributed by atoms with Gasteiger partial charge in [-0.1, -0.05) is 0 Å². The average molecular weight is 398 g/mol. The summed E-state index contributed by atoms with van der Waals surface area (Å²) < 4.78 is 44.7. The highest BCUT2D eigenvalue weighted by atomic mass is 19.4. The number of nitrogens with one attached hydrogen (secondary N) is 3. The Bertz CT molecular complexity index is 921. The summed E-state index contributed by atoms with van der Waals surface area (Å²) >= 11 is 0. The Kier molecular flexibility index (Phi) is 4.27. The quantitative estimate of drug-likeness (QED) is 0.697. The molecule has 0 saturated carbocycles. The Morgan fingerprint density at radius 1 is 1.39 bits per heavy atom. The molecule has 28 heavy (non-hydrogen) atoms. The molecule has 0 aromatic carbocycles. The van der Waals surface area contributed by atoms with E-state index in [4.69, 9.17) is 4.74 Å². The van der Waals surface area contributed by atoms with Crippen molar-refractivity contribution in [1.82, 2.24) is 25.7 Å². The van der Waals surface area contributed by atoms with E-state index in [2.05, 4.69) is 25.7 Å². The molecule has 9 nitrogen and oxygen atoms in total. The van der Waals surface area contributed by atoms with E-state index in [1.807, 2.05) is 0 Å². The third kappa shape index (κ3) is 3.08. The highest BCUT2D eigenvalue weighted by Gasteiger charge is 2.43. The molecule has 3 heterocycles. The van der Waals surface area contributed by atoms with Crippen LogP contribution in [0.15, 0.2) is 6.20 Å². The Morgan fingerprint density at radius 3 is 2.93 bits per heavy atom. The number of anilines is 1. The summed E-state index contributed by atoms with van der Waals surface area (Å²) in [5.41, 5.74) is 1.07. The Balaban J connectivity index is 1.52. The van der Waals surface area contributed by atoms with Crippen molar-refractivity contribution >= 4 is 17.5 Å². The number of aryl methyl sites for hydroxylation is 1. The summed E-state index contributed by atoms with van der Waals surface area (Å²) in [5.74, 6) is -2.39. The van der Waals surface area contributed by atoms with E-state index in [0.717, 1.165) is 0 Å². The molecule has 2 amide bonds. The summed E-state index contributed by atoms with van der Waals surface area (Å²) in [4.78, 5) is 26.5. The molecule has 0 fully saturated rings. The Labute approximate surface area is 156 Å². The van der Waals surface area contributed by atoms with E-state index >= 15 is 0 Å². The van der Waals surface area contributed by atoms with Crippen LogP contribution in [0.1, 0.15) is 28.2 Å². The van der Waals surface area contributed by atoms with Gasteiger partial charge in [0.1, 0.15) is 18.3 Å². The minimum Gasteiger partial charge on any atom is -0.474 e. The number of fused-ring (bicyclic) bond motifs is 2. The van der Waals surface area contributed by atoms with Gasteiger partial charge in [0.2, 0.25) is 5.88 Å². The lowest BCUT2D eigenvalue weighted by Gasteiger charge is -2.24. The maximum atomic E-state index is 13.1. The normalized spacial score (nSPS) is 22.1. The second kappa shape index (κ2) is 6.53. The maximum Gasteiger partial charge on any atom is 0.392 e. The zero-order chi connectivity index (χ0) is 20.1. The number of rotatable bonds is 2. The highest BCUT2D eigenvalue weighted by molar-refractivity contribution is 6.03. The minimum atomic E-state index is -4.34. The molecule has 2 aliphatic rings. The summed E-state index contributed by atoms with van der Waals surface area (Å²) in [6, 6.07) is -1.02. The number of halogens is 3. The van der Waals surface area contributed by atoms with Crippen LogP contribution < -0.4 is 15.0 Å². The van der Waals surface area contributed by atoms with Crippen molar-refractivity contribution in [1.29, 1.82) is 0 Å². The molecule has 4 rings (SSSR count). The largest absolute Gasteiger partial charge is 0.474 e. The number of likely N-dealkylation sites (N-methyl/N-ethyl adjacent to an activating group) is 1. The predicted molar refractivity (Wildman–Crippen MR) is 88.9 cm³/mol. The lowest BCUT2D eigenvalue weighted by Crippen LogP contribution is -2.49. The number of hydrogen-bond acceptors (Lipinski definition) is 5. The molecule has 2 aromatic heterocycles. The Morgan fingerprint density at radius 2 is 2.18 bits per heavy atom. The minimum absolute atomic E-state index is 0.0503. The van der Waals surface area contributed by atoms with E-state index < -0.39 is 30.0 Å². The molecule has 0 spiro atoms. The Hall–Kier alpha value is -3.05. The van der Waals surface area contributed by atoms with Crippen LogP contribution >= 0.6 is 0 Å². The lowest BCUT2D eigenvalue weighted by atomic mass is 9.86. The first-order valence-electron chi connectivity index (χ1n) is 8.63. The number of ether oxygens (including phenoxy) is 1. The molecule has 3 N–H and O–H groups in total. The molecule has 2 aromatic rings. The fourth-order valence-electron chi connectivity index (χ4n) is 3.50. The van der Waals surface area contributed by atoms with Gasteiger partial charge in [0.15, 0.2) is 5.69 Å². The van der Waals surface area contributed by atoms with Crippen LogP contribution in [0, 0.1) is 5.92 Å². The van der Waals surface area contributed by atoms with E-state index in [0.29, 0.717) is 11.4 Å². The van der Waals surface area contributed by atoms with E-state index in [1.54, 1.807) is 0 Å². The molecule has 1 aliphatic heterocycles. The van der Waals surface area contributed by atoms with E-state index in [9.17, 15) is 22.8 Å². The van der Waals surface area contributed by atoms with Crippen molar-refractivity contribution in [2.75, 3.05) is 18.6 Å². The number of carbonyl (C=O) groups excluding carboxylic acids is 2. The zero-order valence-electron chi connectivity index (χ0n) is 14.8. The van der Waals surface area contributed by atoms with Crippen LogP contribution in [-0.4, -0.2) is 58.1 Å². The summed E-state index contributed by atoms with van der Waals surface area (Å²) in [7, 11) is 1.51. The molecule has 12 heteroatoms.